The van der Waals surface area contributed by atoms with E-state index < -0.39 is 34.2 Å². The topological polar surface area (TPSA) is 104 Å². The number of amides is 4. The average Bonchev–Trinajstić information content (AvgIpc) is 2.93. The van der Waals surface area contributed by atoms with Gasteiger partial charge in [-0.2, -0.15) is 0 Å². The van der Waals surface area contributed by atoms with Gasteiger partial charge in [0.2, 0.25) is 0 Å². The lowest BCUT2D eigenvalue weighted by atomic mass is 9.64. The summed E-state index contributed by atoms with van der Waals surface area (Å²) in [6.07, 6.45) is 1.40. The Kier molecular flexibility index (Phi) is 5.98. The van der Waals surface area contributed by atoms with E-state index in [4.69, 9.17) is 0 Å². The molecule has 204 valence electrons. The highest BCUT2D eigenvalue weighted by Crippen LogP contribution is 2.51. The monoisotopic (exact) mass is 538 g/mol. The molecular weight excluding hydrogens is 508 g/mol. The third kappa shape index (κ3) is 3.79. The summed E-state index contributed by atoms with van der Waals surface area (Å²) in [6, 6.07) is 17.6. The van der Waals surface area contributed by atoms with Crippen molar-refractivity contribution < 1.29 is 19.3 Å². The predicted octanol–water partition coefficient (Wildman–Crippen LogP) is 5.56. The molecule has 40 heavy (non-hydrogen) atoms. The summed E-state index contributed by atoms with van der Waals surface area (Å²) in [5.74, 6) is -0.927. The van der Waals surface area contributed by atoms with Crippen LogP contribution in [-0.2, 0) is 16.0 Å². The van der Waals surface area contributed by atoms with Crippen molar-refractivity contribution in [2.75, 3.05) is 21.2 Å². The summed E-state index contributed by atoms with van der Waals surface area (Å²) < 4.78 is 0. The van der Waals surface area contributed by atoms with E-state index in [1.165, 1.54) is 12.1 Å². The second kappa shape index (κ2) is 9.29. The van der Waals surface area contributed by atoms with Gasteiger partial charge >= 0.3 is 6.03 Å². The number of aryl methyl sites for hydroxylation is 2. The largest absolute Gasteiger partial charge is 0.367 e. The number of anilines is 3. The van der Waals surface area contributed by atoms with Crippen LogP contribution in [0.4, 0.5) is 27.5 Å². The molecule has 3 aliphatic heterocycles. The number of rotatable bonds is 3. The summed E-state index contributed by atoms with van der Waals surface area (Å²) in [5.41, 5.74) is 2.30. The molecule has 4 amide bonds. The lowest BCUT2D eigenvalue weighted by molar-refractivity contribution is -0.384. The molecular formula is C31H30N4O5. The van der Waals surface area contributed by atoms with Crippen LogP contribution in [-0.4, -0.2) is 35.4 Å². The number of imide groups is 2. The second-order valence-corrected chi connectivity index (χ2v) is 11.3. The molecule has 0 aliphatic carbocycles. The van der Waals surface area contributed by atoms with Crippen molar-refractivity contribution in [2.24, 2.45) is 11.3 Å². The molecule has 2 fully saturated rings. The number of hydrogen-bond donors (Lipinski definition) is 0. The number of benzene rings is 3. The van der Waals surface area contributed by atoms with Gasteiger partial charge in [-0.3, -0.25) is 19.7 Å². The Bertz CT molecular complexity index is 1480. The molecule has 9 heteroatoms. The number of non-ortho nitro benzene ring substituents is 1. The van der Waals surface area contributed by atoms with Crippen LogP contribution in [0.1, 0.15) is 36.5 Å². The molecule has 0 unspecified atom stereocenters. The smallest absolute Gasteiger partial charge is 0.342 e. The Hall–Kier alpha value is -4.53. The van der Waals surface area contributed by atoms with E-state index in [-0.39, 0.29) is 18.0 Å². The third-order valence-electron chi connectivity index (χ3n) is 8.62. The maximum absolute atomic E-state index is 14.7. The summed E-state index contributed by atoms with van der Waals surface area (Å²) in [6.45, 7) is 6.54. The van der Waals surface area contributed by atoms with E-state index in [9.17, 15) is 24.5 Å². The minimum Gasteiger partial charge on any atom is -0.367 e. The number of nitro benzene ring substituents is 1. The number of nitro groups is 1. The lowest BCUT2D eigenvalue weighted by Crippen LogP contribution is -2.74. The molecule has 3 aliphatic rings. The van der Waals surface area contributed by atoms with Crippen molar-refractivity contribution in [2.45, 2.75) is 46.1 Å². The fourth-order valence-electron chi connectivity index (χ4n) is 6.47. The Morgan fingerprint density at radius 2 is 1.40 bits per heavy atom. The maximum atomic E-state index is 14.7. The van der Waals surface area contributed by atoms with Crippen LogP contribution in [0.5, 0.6) is 0 Å². The first-order valence-corrected chi connectivity index (χ1v) is 13.5. The van der Waals surface area contributed by atoms with Crippen LogP contribution in [0.15, 0.2) is 66.7 Å². The summed E-state index contributed by atoms with van der Waals surface area (Å²) >= 11 is 0. The Morgan fingerprint density at radius 3 is 1.93 bits per heavy atom. The standard InChI is InChI=1S/C31H30N4O5/c1-19-4-8-23(9-5-19)33-28(36)31(29(37)34(30(33)38)24-10-6-20(2)7-11-24)18-22-17-25(35(39)40)12-13-26(22)32-15-14-21(3)16-27(31)32/h4-13,17,21,27H,14-16,18H2,1-3H3/t21-,27-/m1/s1. The number of piperidine rings is 1. The predicted molar refractivity (Wildman–Crippen MR) is 151 cm³/mol. The van der Waals surface area contributed by atoms with Gasteiger partial charge in [0.1, 0.15) is 0 Å². The first-order valence-electron chi connectivity index (χ1n) is 13.5. The van der Waals surface area contributed by atoms with Crippen molar-refractivity contribution in [1.29, 1.82) is 0 Å². The number of nitrogens with zero attached hydrogens (tertiary/aromatic N) is 4. The number of carbonyl (C=O) groups is 3. The molecule has 2 atom stereocenters. The summed E-state index contributed by atoms with van der Waals surface area (Å²) in [7, 11) is 0. The van der Waals surface area contributed by atoms with Crippen LogP contribution >= 0.6 is 0 Å². The van der Waals surface area contributed by atoms with Gasteiger partial charge in [-0.05, 0) is 68.5 Å². The Labute approximate surface area is 232 Å². The van der Waals surface area contributed by atoms with Gasteiger partial charge in [-0.15, -0.1) is 0 Å². The quantitative estimate of drug-likeness (QED) is 0.246. The molecule has 3 aromatic carbocycles. The van der Waals surface area contributed by atoms with E-state index in [0.29, 0.717) is 29.9 Å². The minimum atomic E-state index is -1.65. The average molecular weight is 539 g/mol. The molecule has 6 rings (SSSR count). The number of urea groups is 1. The van der Waals surface area contributed by atoms with Crippen molar-refractivity contribution in [3.63, 3.8) is 0 Å². The van der Waals surface area contributed by atoms with E-state index in [2.05, 4.69) is 11.8 Å². The van der Waals surface area contributed by atoms with Gasteiger partial charge in [0.25, 0.3) is 17.5 Å². The number of hydrogen-bond acceptors (Lipinski definition) is 6. The van der Waals surface area contributed by atoms with E-state index in [1.54, 1.807) is 30.3 Å². The lowest BCUT2D eigenvalue weighted by Gasteiger charge is -2.56. The molecule has 2 saturated heterocycles. The SMILES string of the molecule is Cc1ccc(N2C(=O)N(c3ccc(C)cc3)C(=O)C3(Cc4cc([N+](=O)[O-])ccc4N4CC[C@@H](C)C[C@@H]43)C2=O)cc1. The Balaban J connectivity index is 1.60. The zero-order chi connectivity index (χ0) is 28.3. The number of barbiturate groups is 1. The van der Waals surface area contributed by atoms with Crippen molar-refractivity contribution in [1.82, 2.24) is 0 Å². The molecule has 0 saturated carbocycles. The van der Waals surface area contributed by atoms with Gasteiger partial charge < -0.3 is 4.90 Å². The first-order chi connectivity index (χ1) is 19.1. The third-order valence-corrected chi connectivity index (χ3v) is 8.62. The first kappa shape index (κ1) is 25.7. The molecule has 0 aromatic heterocycles. The molecule has 3 aromatic rings. The van der Waals surface area contributed by atoms with Gasteiger partial charge in [-0.1, -0.05) is 42.3 Å². The normalized spacial score (nSPS) is 21.9. The fourth-order valence-corrected chi connectivity index (χ4v) is 6.47. The highest BCUT2D eigenvalue weighted by molar-refractivity contribution is 6.39. The van der Waals surface area contributed by atoms with Gasteiger partial charge in [0, 0.05) is 30.8 Å². The van der Waals surface area contributed by atoms with Gasteiger partial charge in [0.15, 0.2) is 5.41 Å². The summed E-state index contributed by atoms with van der Waals surface area (Å²) in [5, 5.41) is 11.7. The van der Waals surface area contributed by atoms with E-state index >= 15 is 0 Å². The molecule has 3 heterocycles. The molecule has 0 bridgehead atoms. The second-order valence-electron chi connectivity index (χ2n) is 11.3. The minimum absolute atomic E-state index is 0.0342. The van der Waals surface area contributed by atoms with Crippen molar-refractivity contribution in [3.05, 3.63) is 93.5 Å². The highest BCUT2D eigenvalue weighted by Gasteiger charge is 2.65. The highest BCUT2D eigenvalue weighted by atomic mass is 16.6. The molecule has 0 N–H and O–H groups in total. The van der Waals surface area contributed by atoms with Gasteiger partial charge in [0.05, 0.1) is 22.3 Å². The van der Waals surface area contributed by atoms with E-state index in [1.807, 2.05) is 38.1 Å². The van der Waals surface area contributed by atoms with Crippen LogP contribution < -0.4 is 14.7 Å². The fraction of sp³-hybridized carbons (Fsp3) is 0.323. The molecule has 0 radical (unpaired) electrons. The van der Waals surface area contributed by atoms with Crippen molar-refractivity contribution >= 4 is 40.6 Å². The zero-order valence-electron chi connectivity index (χ0n) is 22.7. The zero-order valence-corrected chi connectivity index (χ0v) is 22.7. The van der Waals surface area contributed by atoms with Crippen LogP contribution in [0.25, 0.3) is 0 Å². The maximum Gasteiger partial charge on any atom is 0.342 e. The van der Waals surface area contributed by atoms with Crippen LogP contribution in [0, 0.1) is 35.3 Å². The van der Waals surface area contributed by atoms with Gasteiger partial charge in [-0.25, -0.2) is 14.6 Å². The Morgan fingerprint density at radius 1 is 0.850 bits per heavy atom. The molecule has 1 spiro atoms. The number of fused-ring (bicyclic) bond motifs is 4. The number of carbonyl (C=O) groups excluding carboxylic acids is 3. The summed E-state index contributed by atoms with van der Waals surface area (Å²) in [4.78, 5) is 59.0. The molecule has 9 nitrogen and oxygen atoms in total. The van der Waals surface area contributed by atoms with Crippen molar-refractivity contribution in [3.8, 4) is 0 Å². The van der Waals surface area contributed by atoms with Crippen LogP contribution in [0.2, 0.25) is 0 Å². The van der Waals surface area contributed by atoms with Crippen LogP contribution in [0.3, 0.4) is 0 Å². The van der Waals surface area contributed by atoms with E-state index in [0.717, 1.165) is 33.0 Å².